The van der Waals surface area contributed by atoms with Crippen LogP contribution in [0.1, 0.15) is 0 Å². The molecule has 0 aliphatic carbocycles. The van der Waals surface area contributed by atoms with E-state index in [1.165, 1.54) is 105 Å². The van der Waals surface area contributed by atoms with Gasteiger partial charge in [-0.3, -0.25) is 4.98 Å². The highest BCUT2D eigenvalue weighted by atomic mass is 14.6. The van der Waals surface area contributed by atoms with Crippen molar-refractivity contribution in [2.45, 2.75) is 0 Å². The molecule has 0 saturated carbocycles. The smallest absolute Gasteiger partial charge is 0.0352 e. The van der Waals surface area contributed by atoms with Gasteiger partial charge in [0.05, 0.1) is 0 Å². The van der Waals surface area contributed by atoms with Gasteiger partial charge >= 0.3 is 0 Å². The molecule has 1 aromatic heterocycles. The van der Waals surface area contributed by atoms with E-state index in [-0.39, 0.29) is 0 Å². The molecule has 66 heavy (non-hydrogen) atoms. The number of fused-ring (bicyclic) bond motifs is 3. The van der Waals surface area contributed by atoms with Crippen LogP contribution in [-0.4, -0.2) is 4.98 Å². The molecule has 0 spiro atoms. The molecule has 1 heterocycles. The van der Waals surface area contributed by atoms with Gasteiger partial charge in [0.1, 0.15) is 0 Å². The maximum atomic E-state index is 4.56. The van der Waals surface area contributed by atoms with Gasteiger partial charge in [-0.25, -0.2) is 0 Å². The molecule has 0 unspecified atom stereocenters. The molecule has 1 nitrogen and oxygen atoms in total. The lowest BCUT2D eigenvalue weighted by Gasteiger charge is -2.24. The monoisotopic (exact) mass is 837 g/mol. The summed E-state index contributed by atoms with van der Waals surface area (Å²) >= 11 is 0. The summed E-state index contributed by atoms with van der Waals surface area (Å²) in [5.74, 6) is 0. The van der Waals surface area contributed by atoms with Gasteiger partial charge in [0.25, 0.3) is 0 Å². The van der Waals surface area contributed by atoms with E-state index in [9.17, 15) is 0 Å². The highest BCUT2D eigenvalue weighted by Gasteiger charge is 2.24. The van der Waals surface area contributed by atoms with E-state index in [0.717, 1.165) is 16.5 Å². The second-order valence-corrected chi connectivity index (χ2v) is 17.0. The summed E-state index contributed by atoms with van der Waals surface area (Å²) in [6.45, 7) is 0. The van der Waals surface area contributed by atoms with Gasteiger partial charge < -0.3 is 0 Å². The van der Waals surface area contributed by atoms with Crippen LogP contribution in [0.25, 0.3) is 121 Å². The average Bonchev–Trinajstić information content (AvgIpc) is 3.40. The van der Waals surface area contributed by atoms with E-state index in [4.69, 9.17) is 0 Å². The lowest BCUT2D eigenvalue weighted by Crippen LogP contribution is -1.98. The van der Waals surface area contributed by atoms with Crippen molar-refractivity contribution in [3.05, 3.63) is 261 Å². The normalized spacial score (nSPS) is 11.3. The molecule has 12 rings (SSSR count). The fourth-order valence-corrected chi connectivity index (χ4v) is 10.2. The highest BCUT2D eigenvalue weighted by molar-refractivity contribution is 6.23. The first-order valence-electron chi connectivity index (χ1n) is 22.7. The van der Waals surface area contributed by atoms with Crippen LogP contribution in [0.2, 0.25) is 0 Å². The van der Waals surface area contributed by atoms with Crippen molar-refractivity contribution < 1.29 is 0 Å². The van der Waals surface area contributed by atoms with Gasteiger partial charge in [0.15, 0.2) is 0 Å². The molecular weight excluding hydrogens is 795 g/mol. The number of benzene rings is 11. The second-order valence-electron chi connectivity index (χ2n) is 17.0. The Bertz CT molecular complexity index is 3660. The number of aromatic nitrogens is 1. The Kier molecular flexibility index (Phi) is 9.93. The standard InChI is InChI=1S/C65H43N/c1-5-20-44(21-6-1)58-42-59(63(47-24-9-3-10-25-47)64(48-26-11-4-12-27-48)62(58)46-22-7-2-8-23-46)51-31-17-29-49(40-51)50-30-18-32-52(41-50)61-53-33-13-15-35-55(53)65(56-36-16-14-34-54(56)61)57-37-19-28-45-38-39-66-43-60(45)57/h1-43H. The van der Waals surface area contributed by atoms with Crippen LogP contribution in [0.15, 0.2) is 261 Å². The molecular formula is C65H43N. The van der Waals surface area contributed by atoms with Crippen LogP contribution in [0.5, 0.6) is 0 Å². The Balaban J connectivity index is 1.08. The van der Waals surface area contributed by atoms with Crippen molar-refractivity contribution in [1.29, 1.82) is 0 Å². The Hall–Kier alpha value is -8.65. The average molecular weight is 838 g/mol. The van der Waals surface area contributed by atoms with Crippen molar-refractivity contribution in [1.82, 2.24) is 4.98 Å². The minimum atomic E-state index is 1.15. The van der Waals surface area contributed by atoms with Gasteiger partial charge in [0.2, 0.25) is 0 Å². The third-order valence-electron chi connectivity index (χ3n) is 13.1. The molecule has 0 bridgehead atoms. The zero-order valence-electron chi connectivity index (χ0n) is 36.3. The maximum absolute atomic E-state index is 4.56. The first-order chi connectivity index (χ1) is 32.8. The van der Waals surface area contributed by atoms with Crippen molar-refractivity contribution in [2.75, 3.05) is 0 Å². The summed E-state index contributed by atoms with van der Waals surface area (Å²) in [4.78, 5) is 4.56. The number of hydrogen-bond donors (Lipinski definition) is 0. The summed E-state index contributed by atoms with van der Waals surface area (Å²) in [5.41, 5.74) is 19.1. The number of nitrogens with zero attached hydrogens (tertiary/aromatic N) is 1. The summed E-state index contributed by atoms with van der Waals surface area (Å²) < 4.78 is 0. The SMILES string of the molecule is c1ccc(-c2cc(-c3cccc(-c4cccc(-c5c6ccccc6c(-c6cccc7ccncc67)c6ccccc56)c4)c3)c(-c3ccccc3)c(-c3ccccc3)c2-c2ccccc2)cc1. The molecule has 12 aromatic rings. The first kappa shape index (κ1) is 39.0. The highest BCUT2D eigenvalue weighted by Crippen LogP contribution is 2.51. The van der Waals surface area contributed by atoms with Gasteiger partial charge in [-0.1, -0.05) is 224 Å². The molecule has 0 radical (unpaired) electrons. The van der Waals surface area contributed by atoms with Crippen molar-refractivity contribution in [3.8, 4) is 89.0 Å². The molecule has 11 aromatic carbocycles. The number of hydrogen-bond acceptors (Lipinski definition) is 1. The van der Waals surface area contributed by atoms with E-state index in [2.05, 4.69) is 254 Å². The quantitative estimate of drug-likeness (QED) is 0.139. The zero-order chi connectivity index (χ0) is 43.8. The second kappa shape index (κ2) is 16.8. The van der Waals surface area contributed by atoms with E-state index in [1.54, 1.807) is 0 Å². The van der Waals surface area contributed by atoms with Gasteiger partial charge in [-0.15, -0.1) is 0 Å². The lowest BCUT2D eigenvalue weighted by atomic mass is 9.78. The van der Waals surface area contributed by atoms with Gasteiger partial charge in [-0.05, 0) is 140 Å². The van der Waals surface area contributed by atoms with Crippen LogP contribution >= 0.6 is 0 Å². The molecule has 0 amide bonds. The van der Waals surface area contributed by atoms with Crippen LogP contribution in [0, 0.1) is 0 Å². The summed E-state index contributed by atoms with van der Waals surface area (Å²) in [7, 11) is 0. The number of pyridine rings is 1. The molecule has 0 aliphatic heterocycles. The number of rotatable bonds is 8. The fraction of sp³-hybridized carbons (Fsp3) is 0. The Labute approximate surface area is 385 Å². The topological polar surface area (TPSA) is 12.9 Å². The van der Waals surface area contributed by atoms with Crippen LogP contribution in [-0.2, 0) is 0 Å². The van der Waals surface area contributed by atoms with Crippen molar-refractivity contribution in [2.24, 2.45) is 0 Å². The lowest BCUT2D eigenvalue weighted by molar-refractivity contribution is 1.36. The molecule has 0 saturated heterocycles. The molecule has 0 N–H and O–H groups in total. The predicted molar refractivity (Wildman–Crippen MR) is 280 cm³/mol. The van der Waals surface area contributed by atoms with Crippen LogP contribution in [0.4, 0.5) is 0 Å². The zero-order valence-corrected chi connectivity index (χ0v) is 36.3. The Morgan fingerprint density at radius 3 is 1.18 bits per heavy atom. The maximum Gasteiger partial charge on any atom is 0.0352 e. The molecule has 0 atom stereocenters. The van der Waals surface area contributed by atoms with E-state index < -0.39 is 0 Å². The van der Waals surface area contributed by atoms with Crippen molar-refractivity contribution >= 4 is 32.3 Å². The minimum Gasteiger partial charge on any atom is -0.264 e. The minimum absolute atomic E-state index is 1.15. The largest absolute Gasteiger partial charge is 0.264 e. The van der Waals surface area contributed by atoms with E-state index in [1.807, 2.05) is 12.4 Å². The van der Waals surface area contributed by atoms with Gasteiger partial charge in [0, 0.05) is 17.8 Å². The molecule has 0 aliphatic rings. The first-order valence-corrected chi connectivity index (χ1v) is 22.7. The Morgan fingerprint density at radius 2 is 0.621 bits per heavy atom. The molecule has 1 heteroatoms. The fourth-order valence-electron chi connectivity index (χ4n) is 10.2. The summed E-state index contributed by atoms with van der Waals surface area (Å²) in [6.07, 6.45) is 3.88. The van der Waals surface area contributed by atoms with Crippen LogP contribution < -0.4 is 0 Å². The third-order valence-corrected chi connectivity index (χ3v) is 13.1. The van der Waals surface area contributed by atoms with E-state index in [0.29, 0.717) is 0 Å². The summed E-state index contributed by atoms with van der Waals surface area (Å²) in [6, 6.07) is 90.8. The third kappa shape index (κ3) is 6.86. The predicted octanol–water partition coefficient (Wildman–Crippen LogP) is 17.9. The van der Waals surface area contributed by atoms with Gasteiger partial charge in [-0.2, -0.15) is 0 Å². The van der Waals surface area contributed by atoms with Crippen molar-refractivity contribution in [3.63, 3.8) is 0 Å². The molecule has 0 fully saturated rings. The summed E-state index contributed by atoms with van der Waals surface area (Å²) in [5, 5.41) is 7.25. The van der Waals surface area contributed by atoms with Crippen LogP contribution in [0.3, 0.4) is 0 Å². The molecule has 308 valence electrons. The Morgan fingerprint density at radius 1 is 0.212 bits per heavy atom. The van der Waals surface area contributed by atoms with E-state index >= 15 is 0 Å².